The largest absolute Gasteiger partial charge is 0.456 e. The molecule has 6 nitrogen and oxygen atoms in total. The normalized spacial score (nSPS) is 13.2. The molecule has 0 aromatic carbocycles. The smallest absolute Gasteiger partial charge is 0.306 e. The standard InChI is InChI=1S/C57H108O6/c1-4-7-10-13-16-19-22-25-28-31-34-37-40-43-46-49-52(58)55(61)57(63-54(60)51-48-45-42-39-36-33-30-27-24-21-18-15-12-9-6-3)56(62)53(59)50-47-44-41-38-35-32-29-26-23-20-17-14-11-8-5-2/h27,30,55-57,61-62H,4-26,28-29,31-51H2,1-3H3/b30-27-. The van der Waals surface area contributed by atoms with Crippen LogP contribution in [0, 0.1) is 0 Å². The van der Waals surface area contributed by atoms with Crippen molar-refractivity contribution < 1.29 is 29.3 Å². The summed E-state index contributed by atoms with van der Waals surface area (Å²) >= 11 is 0. The number of hydrogen-bond acceptors (Lipinski definition) is 6. The van der Waals surface area contributed by atoms with E-state index in [4.69, 9.17) is 4.74 Å². The van der Waals surface area contributed by atoms with Gasteiger partial charge in [0.2, 0.25) is 0 Å². The van der Waals surface area contributed by atoms with Crippen LogP contribution in [0.4, 0.5) is 0 Å². The maximum atomic E-state index is 13.2. The Balaban J connectivity index is 4.60. The first-order chi connectivity index (χ1) is 30.9. The number of carbonyl (C=O) groups is 3. The van der Waals surface area contributed by atoms with Gasteiger partial charge in [-0.25, -0.2) is 0 Å². The van der Waals surface area contributed by atoms with Crippen molar-refractivity contribution in [3.8, 4) is 0 Å². The lowest BCUT2D eigenvalue weighted by molar-refractivity contribution is -0.170. The second-order valence-electron chi connectivity index (χ2n) is 19.5. The first-order valence-electron chi connectivity index (χ1n) is 28.1. The van der Waals surface area contributed by atoms with Crippen LogP contribution in [-0.2, 0) is 19.1 Å². The van der Waals surface area contributed by atoms with E-state index in [1.165, 1.54) is 186 Å². The lowest BCUT2D eigenvalue weighted by Crippen LogP contribution is -2.48. The van der Waals surface area contributed by atoms with Crippen LogP contribution in [0.5, 0.6) is 0 Å². The number of Topliss-reactive ketones (excluding diaryl/α,β-unsaturated/α-hetero) is 2. The summed E-state index contributed by atoms with van der Waals surface area (Å²) in [4.78, 5) is 39.3. The number of esters is 1. The van der Waals surface area contributed by atoms with E-state index in [-0.39, 0.29) is 19.3 Å². The van der Waals surface area contributed by atoms with Gasteiger partial charge in [-0.2, -0.15) is 0 Å². The third-order valence-electron chi connectivity index (χ3n) is 13.2. The fourth-order valence-electron chi connectivity index (χ4n) is 8.86. The minimum atomic E-state index is -1.70. The second-order valence-corrected chi connectivity index (χ2v) is 19.5. The molecule has 0 aliphatic heterocycles. The molecule has 0 bridgehead atoms. The number of hydrogen-bond donors (Lipinski definition) is 2. The van der Waals surface area contributed by atoms with E-state index in [2.05, 4.69) is 32.9 Å². The van der Waals surface area contributed by atoms with Crippen LogP contribution < -0.4 is 0 Å². The number of aliphatic hydroxyl groups excluding tert-OH is 2. The van der Waals surface area contributed by atoms with Gasteiger partial charge in [-0.05, 0) is 44.9 Å². The lowest BCUT2D eigenvalue weighted by atomic mass is 9.95. The Hall–Kier alpha value is -1.53. The van der Waals surface area contributed by atoms with Crippen molar-refractivity contribution in [2.24, 2.45) is 0 Å². The molecule has 0 aliphatic rings. The van der Waals surface area contributed by atoms with Crippen molar-refractivity contribution >= 4 is 17.5 Å². The van der Waals surface area contributed by atoms with E-state index < -0.39 is 35.8 Å². The van der Waals surface area contributed by atoms with E-state index in [1.54, 1.807) is 0 Å². The van der Waals surface area contributed by atoms with Crippen LogP contribution >= 0.6 is 0 Å². The Kier molecular flexibility index (Phi) is 48.7. The summed E-state index contributed by atoms with van der Waals surface area (Å²) in [5, 5.41) is 22.2. The zero-order valence-electron chi connectivity index (χ0n) is 42.4. The van der Waals surface area contributed by atoms with Gasteiger partial charge in [-0.1, -0.05) is 264 Å². The van der Waals surface area contributed by atoms with Crippen LogP contribution in [0.2, 0.25) is 0 Å². The van der Waals surface area contributed by atoms with Gasteiger partial charge in [0.05, 0.1) is 0 Å². The Bertz CT molecular complexity index is 957. The van der Waals surface area contributed by atoms with Crippen LogP contribution in [-0.4, -0.2) is 46.1 Å². The van der Waals surface area contributed by atoms with Crippen molar-refractivity contribution in [1.29, 1.82) is 0 Å². The first-order valence-corrected chi connectivity index (χ1v) is 28.1. The predicted molar refractivity (Wildman–Crippen MR) is 270 cm³/mol. The SMILES string of the molecule is CCCCCCCC/C=C\CCCCCCCC(=O)OC(C(O)C(=O)CCCCCCCCCCCCCCCCC)C(O)C(=O)CCCCCCCCCCCCCCCCC. The highest BCUT2D eigenvalue weighted by Gasteiger charge is 2.38. The number of ketones is 2. The average molecular weight is 889 g/mol. The van der Waals surface area contributed by atoms with Crippen molar-refractivity contribution in [3.63, 3.8) is 0 Å². The molecule has 0 aromatic rings. The lowest BCUT2D eigenvalue weighted by Gasteiger charge is -2.26. The molecule has 6 heteroatoms. The molecule has 372 valence electrons. The average Bonchev–Trinajstić information content (AvgIpc) is 3.28. The number of rotatable bonds is 52. The van der Waals surface area contributed by atoms with Crippen LogP contribution in [0.3, 0.4) is 0 Å². The van der Waals surface area contributed by atoms with E-state index in [9.17, 15) is 24.6 Å². The Labute approximate surface area is 392 Å². The molecular formula is C57H108O6. The van der Waals surface area contributed by atoms with Gasteiger partial charge in [0, 0.05) is 19.3 Å². The first kappa shape index (κ1) is 61.5. The molecule has 0 saturated heterocycles. The molecule has 2 unspecified atom stereocenters. The molecule has 0 aliphatic carbocycles. The Morgan fingerprint density at radius 1 is 0.333 bits per heavy atom. The Morgan fingerprint density at radius 3 is 0.825 bits per heavy atom. The second kappa shape index (κ2) is 49.9. The van der Waals surface area contributed by atoms with E-state index in [1.807, 2.05) is 0 Å². The van der Waals surface area contributed by atoms with Crippen molar-refractivity contribution in [3.05, 3.63) is 12.2 Å². The molecule has 0 radical (unpaired) electrons. The monoisotopic (exact) mass is 889 g/mol. The summed E-state index contributed by atoms with van der Waals surface area (Å²) in [7, 11) is 0. The van der Waals surface area contributed by atoms with Gasteiger partial charge < -0.3 is 14.9 Å². The topological polar surface area (TPSA) is 101 Å². The van der Waals surface area contributed by atoms with E-state index >= 15 is 0 Å². The molecule has 2 atom stereocenters. The van der Waals surface area contributed by atoms with Crippen LogP contribution in [0.25, 0.3) is 0 Å². The van der Waals surface area contributed by atoms with Gasteiger partial charge in [0.25, 0.3) is 0 Å². The number of unbranched alkanes of at least 4 members (excludes halogenated alkanes) is 39. The van der Waals surface area contributed by atoms with Crippen LogP contribution in [0.15, 0.2) is 12.2 Å². The maximum absolute atomic E-state index is 13.2. The number of ether oxygens (including phenoxy) is 1. The minimum absolute atomic E-state index is 0.147. The third kappa shape index (κ3) is 42.8. The number of allylic oxidation sites excluding steroid dienone is 2. The molecule has 0 fully saturated rings. The number of aliphatic hydroxyl groups is 2. The highest BCUT2D eigenvalue weighted by atomic mass is 16.6. The highest BCUT2D eigenvalue weighted by Crippen LogP contribution is 2.20. The Morgan fingerprint density at radius 2 is 0.556 bits per heavy atom. The maximum Gasteiger partial charge on any atom is 0.306 e. The van der Waals surface area contributed by atoms with Gasteiger partial charge in [-0.3, -0.25) is 14.4 Å². The summed E-state index contributed by atoms with van der Waals surface area (Å²) in [6, 6.07) is 0. The summed E-state index contributed by atoms with van der Waals surface area (Å²) in [5.74, 6) is -1.47. The fourth-order valence-corrected chi connectivity index (χ4v) is 8.86. The predicted octanol–water partition coefficient (Wildman–Crippen LogP) is 17.3. The molecule has 0 spiro atoms. The van der Waals surface area contributed by atoms with Gasteiger partial charge in [0.15, 0.2) is 29.9 Å². The van der Waals surface area contributed by atoms with E-state index in [0.717, 1.165) is 70.6 Å². The molecule has 0 saturated carbocycles. The third-order valence-corrected chi connectivity index (χ3v) is 13.2. The zero-order chi connectivity index (χ0) is 46.1. The summed E-state index contributed by atoms with van der Waals surface area (Å²) in [5.41, 5.74) is 0. The summed E-state index contributed by atoms with van der Waals surface area (Å²) in [6.45, 7) is 6.78. The fraction of sp³-hybridized carbons (Fsp3) is 0.912. The van der Waals surface area contributed by atoms with Gasteiger partial charge in [-0.15, -0.1) is 0 Å². The highest BCUT2D eigenvalue weighted by molar-refractivity contribution is 5.88. The van der Waals surface area contributed by atoms with Crippen molar-refractivity contribution in [2.75, 3.05) is 0 Å². The van der Waals surface area contributed by atoms with Gasteiger partial charge in [0.1, 0.15) is 0 Å². The van der Waals surface area contributed by atoms with E-state index in [0.29, 0.717) is 19.3 Å². The number of carbonyl (C=O) groups excluding carboxylic acids is 3. The zero-order valence-corrected chi connectivity index (χ0v) is 42.4. The summed E-state index contributed by atoms with van der Waals surface area (Å²) in [6.07, 6.45) is 52.0. The summed E-state index contributed by atoms with van der Waals surface area (Å²) < 4.78 is 5.60. The quantitative estimate of drug-likeness (QED) is 0.0358. The molecule has 63 heavy (non-hydrogen) atoms. The molecule has 0 heterocycles. The molecule has 2 N–H and O–H groups in total. The van der Waals surface area contributed by atoms with Gasteiger partial charge >= 0.3 is 5.97 Å². The molecule has 0 amide bonds. The van der Waals surface area contributed by atoms with Crippen LogP contribution in [0.1, 0.15) is 316 Å². The van der Waals surface area contributed by atoms with Crippen molar-refractivity contribution in [2.45, 2.75) is 334 Å². The van der Waals surface area contributed by atoms with Crippen molar-refractivity contribution in [1.82, 2.24) is 0 Å². The molecule has 0 aromatic heterocycles. The molecule has 0 rings (SSSR count). The minimum Gasteiger partial charge on any atom is -0.456 e. The molecular weight excluding hydrogens is 781 g/mol.